The molecule has 6 heteroatoms. The summed E-state index contributed by atoms with van der Waals surface area (Å²) < 4.78 is 10.8. The third-order valence-corrected chi connectivity index (χ3v) is 4.60. The summed E-state index contributed by atoms with van der Waals surface area (Å²) in [5.74, 6) is 0.223. The van der Waals surface area contributed by atoms with Crippen molar-refractivity contribution in [1.29, 1.82) is 0 Å². The molecule has 128 valence electrons. The van der Waals surface area contributed by atoms with Crippen LogP contribution in [0.3, 0.4) is 0 Å². The normalized spacial score (nSPS) is 19.9. The maximum atomic E-state index is 12.6. The molecule has 0 spiro atoms. The summed E-state index contributed by atoms with van der Waals surface area (Å²) in [6.07, 6.45) is 0.0600. The van der Waals surface area contributed by atoms with Crippen molar-refractivity contribution in [3.63, 3.8) is 0 Å². The molecule has 5 nitrogen and oxygen atoms in total. The number of hydrogen-bond donors (Lipinski definition) is 1. The Bertz CT molecular complexity index is 935. The van der Waals surface area contributed by atoms with E-state index in [1.807, 2.05) is 42.5 Å². The van der Waals surface area contributed by atoms with Gasteiger partial charge < -0.3 is 14.8 Å². The second-order valence-corrected chi connectivity index (χ2v) is 6.11. The van der Waals surface area contributed by atoms with Gasteiger partial charge in [-0.15, -0.1) is 0 Å². The second-order valence-electron chi connectivity index (χ2n) is 6.11. The molecular weight excluding hydrogens is 341 g/mol. The quantitative estimate of drug-likeness (QED) is 0.509. The van der Waals surface area contributed by atoms with Crippen LogP contribution in [0, 0.1) is 0 Å². The number of fused-ring (bicyclic) bond motifs is 2. The zero-order valence-corrected chi connectivity index (χ0v) is 14.0. The molecule has 4 rings (SSSR count). The molecule has 26 heavy (non-hydrogen) atoms. The van der Waals surface area contributed by atoms with Gasteiger partial charge in [0, 0.05) is 30.2 Å². The first-order valence-electron chi connectivity index (χ1n) is 8.08. The summed E-state index contributed by atoms with van der Waals surface area (Å²) in [6, 6.07) is 13.3. The Labute approximate surface area is 173 Å². The topological polar surface area (TPSA) is 64.6 Å². The van der Waals surface area contributed by atoms with Gasteiger partial charge in [0.2, 0.25) is 0 Å². The average molecular weight is 359 g/mol. The van der Waals surface area contributed by atoms with Gasteiger partial charge in [-0.05, 0) is 29.3 Å². The molecule has 0 saturated heterocycles. The van der Waals surface area contributed by atoms with Gasteiger partial charge >= 0.3 is 35.5 Å². The molecule has 0 radical (unpaired) electrons. The second kappa shape index (κ2) is 7.27. The molecule has 1 aliphatic heterocycles. The van der Waals surface area contributed by atoms with Crippen LogP contribution in [0.15, 0.2) is 42.5 Å². The summed E-state index contributed by atoms with van der Waals surface area (Å²) in [7, 11) is 1.59. The first kappa shape index (κ1) is 18.7. The first-order chi connectivity index (χ1) is 12.1. The zero-order chi connectivity index (χ0) is 17.6. The predicted octanol–water partition coefficient (Wildman–Crippen LogP) is 2.92. The van der Waals surface area contributed by atoms with E-state index in [2.05, 4.69) is 5.32 Å². The summed E-state index contributed by atoms with van der Waals surface area (Å²) in [5.41, 5.74) is 5.03. The number of amides is 1. The number of carbonyl (C=O) groups excluding carboxylic acids is 2. The van der Waals surface area contributed by atoms with E-state index in [1.54, 1.807) is 7.11 Å². The fraction of sp³-hybridized carbons (Fsp3) is 0.200. The van der Waals surface area contributed by atoms with Gasteiger partial charge in [-0.1, -0.05) is 24.3 Å². The minimum absolute atomic E-state index is 0. The molecule has 2 aromatic rings. The van der Waals surface area contributed by atoms with Crippen molar-refractivity contribution in [1.82, 2.24) is 0 Å². The fourth-order valence-corrected chi connectivity index (χ4v) is 3.57. The Hall–Kier alpha value is -2.08. The van der Waals surface area contributed by atoms with Gasteiger partial charge in [-0.25, -0.2) is 0 Å². The van der Waals surface area contributed by atoms with Gasteiger partial charge in [0.1, 0.15) is 11.9 Å². The van der Waals surface area contributed by atoms with Gasteiger partial charge in [-0.3, -0.25) is 9.59 Å². The summed E-state index contributed by atoms with van der Waals surface area (Å²) in [5, 5.41) is 2.90. The number of methoxy groups -OCH3 is 1. The molecule has 2 aliphatic rings. The fourth-order valence-electron chi connectivity index (χ4n) is 3.57. The molecule has 0 aromatic heterocycles. The summed E-state index contributed by atoms with van der Waals surface area (Å²) in [6.45, 7) is 1.39. The van der Waals surface area contributed by atoms with E-state index in [4.69, 9.17) is 9.47 Å². The SMILES string of the molecule is COc1ccc2c(c1)C(OC(C)=O)CC2=C1C(=O)Nc2ccccc21.[NaH]. The van der Waals surface area contributed by atoms with E-state index in [0.29, 0.717) is 17.7 Å². The number of rotatable bonds is 2. The summed E-state index contributed by atoms with van der Waals surface area (Å²) >= 11 is 0. The Morgan fingerprint density at radius 1 is 1.15 bits per heavy atom. The average Bonchev–Trinajstić information content (AvgIpc) is 3.10. The molecule has 2 aromatic carbocycles. The molecule has 1 N–H and O–H groups in total. The molecule has 1 unspecified atom stereocenters. The Balaban J connectivity index is 0.00000196. The van der Waals surface area contributed by atoms with Crippen LogP contribution in [-0.2, 0) is 14.3 Å². The molecule has 1 atom stereocenters. The number of anilines is 1. The van der Waals surface area contributed by atoms with Crippen LogP contribution in [0.25, 0.3) is 11.1 Å². The first-order valence-corrected chi connectivity index (χ1v) is 8.08. The van der Waals surface area contributed by atoms with Crippen LogP contribution in [-0.4, -0.2) is 48.5 Å². The van der Waals surface area contributed by atoms with Gasteiger partial charge in [0.05, 0.1) is 12.7 Å². The van der Waals surface area contributed by atoms with Crippen molar-refractivity contribution in [2.24, 2.45) is 0 Å². The van der Waals surface area contributed by atoms with Crippen molar-refractivity contribution >= 4 is 58.3 Å². The number of para-hydroxylation sites is 1. The third-order valence-electron chi connectivity index (χ3n) is 4.60. The third kappa shape index (κ3) is 3.07. The molecule has 0 saturated carbocycles. The number of esters is 1. The number of benzene rings is 2. The van der Waals surface area contributed by atoms with Gasteiger partial charge in [0.15, 0.2) is 0 Å². The standard InChI is InChI=1S/C20H17NO4.Na.H/c1-11(22)25-18-10-16(13-8-7-12(24-2)9-15(13)18)19-14-5-3-4-6-17(14)21-20(19)23;;/h3-9,18H,10H2,1-2H3,(H,21,23);;. The van der Waals surface area contributed by atoms with Crippen LogP contribution >= 0.6 is 0 Å². The van der Waals surface area contributed by atoms with E-state index in [0.717, 1.165) is 28.0 Å². The van der Waals surface area contributed by atoms with Crippen LogP contribution < -0.4 is 10.1 Å². The minimum atomic E-state index is -0.411. The zero-order valence-electron chi connectivity index (χ0n) is 14.0. The van der Waals surface area contributed by atoms with E-state index < -0.39 is 6.10 Å². The van der Waals surface area contributed by atoms with Crippen LogP contribution in [0.5, 0.6) is 5.75 Å². The van der Waals surface area contributed by atoms with Crippen molar-refractivity contribution in [3.05, 3.63) is 59.2 Å². The van der Waals surface area contributed by atoms with Crippen LogP contribution in [0.4, 0.5) is 5.69 Å². The Morgan fingerprint density at radius 2 is 1.92 bits per heavy atom. The molecule has 1 aliphatic carbocycles. The van der Waals surface area contributed by atoms with Crippen LogP contribution in [0.1, 0.15) is 36.1 Å². The summed E-state index contributed by atoms with van der Waals surface area (Å²) in [4.78, 5) is 24.1. The monoisotopic (exact) mass is 359 g/mol. The van der Waals surface area contributed by atoms with E-state index in [-0.39, 0.29) is 41.4 Å². The van der Waals surface area contributed by atoms with Gasteiger partial charge in [-0.2, -0.15) is 0 Å². The molecule has 0 fully saturated rings. The number of hydrogen-bond acceptors (Lipinski definition) is 4. The van der Waals surface area contributed by atoms with Crippen molar-refractivity contribution in [2.75, 3.05) is 12.4 Å². The number of ether oxygens (including phenoxy) is 2. The molecule has 1 amide bonds. The number of nitrogens with one attached hydrogen (secondary N) is 1. The number of carbonyl (C=O) groups is 2. The van der Waals surface area contributed by atoms with E-state index in [1.165, 1.54) is 6.92 Å². The van der Waals surface area contributed by atoms with Crippen molar-refractivity contribution < 1.29 is 19.1 Å². The van der Waals surface area contributed by atoms with Crippen LogP contribution in [0.2, 0.25) is 0 Å². The van der Waals surface area contributed by atoms with Crippen molar-refractivity contribution in [2.45, 2.75) is 19.4 Å². The predicted molar refractivity (Wildman–Crippen MR) is 101 cm³/mol. The van der Waals surface area contributed by atoms with Gasteiger partial charge in [0.25, 0.3) is 5.91 Å². The molecule has 0 bridgehead atoms. The molecular formula is C20H18NNaO4. The molecule has 1 heterocycles. The van der Waals surface area contributed by atoms with E-state index in [9.17, 15) is 9.59 Å². The van der Waals surface area contributed by atoms with Crippen molar-refractivity contribution in [3.8, 4) is 5.75 Å². The Kier molecular flexibility index (Phi) is 5.23. The van der Waals surface area contributed by atoms with E-state index >= 15 is 0 Å². The Morgan fingerprint density at radius 3 is 2.65 bits per heavy atom. The maximum absolute atomic E-state index is 12.6.